The van der Waals surface area contributed by atoms with Crippen molar-refractivity contribution >= 4 is 18.0 Å². The van der Waals surface area contributed by atoms with Gasteiger partial charge in [0, 0.05) is 6.21 Å². The highest BCUT2D eigenvalue weighted by Crippen LogP contribution is 2.13. The predicted molar refractivity (Wildman–Crippen MR) is 88.0 cm³/mol. The molecule has 0 spiro atoms. The highest BCUT2D eigenvalue weighted by molar-refractivity contribution is 5.79. The van der Waals surface area contributed by atoms with E-state index in [1.54, 1.807) is 6.21 Å². The lowest BCUT2D eigenvalue weighted by Crippen LogP contribution is -2.15. The zero-order valence-electron chi connectivity index (χ0n) is 11.4. The van der Waals surface area contributed by atoms with Crippen LogP contribution in [-0.2, 0) is 0 Å². The maximum absolute atomic E-state index is 4.45. The molecular formula is C18H18N2. The van der Waals surface area contributed by atoms with Crippen molar-refractivity contribution in [2.24, 2.45) is 5.10 Å². The van der Waals surface area contributed by atoms with E-state index in [-0.39, 0.29) is 0 Å². The van der Waals surface area contributed by atoms with Crippen molar-refractivity contribution in [3.63, 3.8) is 0 Å². The smallest absolute Gasteiger partial charge is 0.0597 e. The van der Waals surface area contributed by atoms with Crippen molar-refractivity contribution in [1.29, 1.82) is 0 Å². The number of anilines is 1. The Balaban J connectivity index is 2.03. The van der Waals surface area contributed by atoms with E-state index in [1.165, 1.54) is 0 Å². The Morgan fingerprint density at radius 1 is 0.950 bits per heavy atom. The summed E-state index contributed by atoms with van der Waals surface area (Å²) < 4.78 is 0. The maximum Gasteiger partial charge on any atom is 0.0597 e. The summed E-state index contributed by atoms with van der Waals surface area (Å²) in [4.78, 5) is 0. The largest absolute Gasteiger partial charge is 0.262 e. The van der Waals surface area contributed by atoms with Crippen LogP contribution in [0.25, 0.3) is 6.08 Å². The second-order valence-electron chi connectivity index (χ2n) is 4.24. The van der Waals surface area contributed by atoms with E-state index >= 15 is 0 Å². The molecule has 0 N–H and O–H groups in total. The van der Waals surface area contributed by atoms with E-state index in [4.69, 9.17) is 0 Å². The number of hydrogen-bond donors (Lipinski definition) is 0. The standard InChI is InChI=1S/C18H18N2/c1-2-16-20(18-13-7-4-8-14-18)19-15-9-12-17-10-5-3-6-11-17/h2-15H,1,16H2/b12-9+,19-15+. The summed E-state index contributed by atoms with van der Waals surface area (Å²) in [5.74, 6) is 0. The molecule has 0 bridgehead atoms. The van der Waals surface area contributed by atoms with E-state index in [0.717, 1.165) is 11.3 Å². The Hall–Kier alpha value is -2.61. The van der Waals surface area contributed by atoms with Crippen LogP contribution in [0, 0.1) is 0 Å². The molecule has 0 heterocycles. The minimum atomic E-state index is 0.680. The lowest BCUT2D eigenvalue weighted by Gasteiger charge is -2.16. The molecule has 2 nitrogen and oxygen atoms in total. The van der Waals surface area contributed by atoms with E-state index in [0.29, 0.717) is 6.54 Å². The molecule has 0 atom stereocenters. The van der Waals surface area contributed by atoms with E-state index < -0.39 is 0 Å². The monoisotopic (exact) mass is 262 g/mol. The molecule has 2 rings (SSSR count). The van der Waals surface area contributed by atoms with Gasteiger partial charge in [0.05, 0.1) is 12.2 Å². The zero-order valence-corrected chi connectivity index (χ0v) is 11.4. The van der Waals surface area contributed by atoms with Crippen LogP contribution in [-0.4, -0.2) is 12.8 Å². The van der Waals surface area contributed by atoms with E-state index in [1.807, 2.05) is 71.8 Å². The first-order valence-electron chi connectivity index (χ1n) is 6.59. The number of nitrogens with zero attached hydrogens (tertiary/aromatic N) is 2. The minimum absolute atomic E-state index is 0.680. The van der Waals surface area contributed by atoms with Crippen LogP contribution < -0.4 is 5.01 Å². The van der Waals surface area contributed by atoms with Crippen LogP contribution in [0.5, 0.6) is 0 Å². The molecule has 0 aromatic heterocycles. The van der Waals surface area contributed by atoms with E-state index in [9.17, 15) is 0 Å². The fourth-order valence-electron chi connectivity index (χ4n) is 1.78. The van der Waals surface area contributed by atoms with E-state index in [2.05, 4.69) is 23.8 Å². The van der Waals surface area contributed by atoms with Gasteiger partial charge in [-0.1, -0.05) is 60.7 Å². The molecule has 0 radical (unpaired) electrons. The average molecular weight is 262 g/mol. The van der Waals surface area contributed by atoms with Crippen molar-refractivity contribution in [2.75, 3.05) is 11.6 Å². The quantitative estimate of drug-likeness (QED) is 0.428. The minimum Gasteiger partial charge on any atom is -0.262 e. The zero-order chi connectivity index (χ0) is 14.0. The van der Waals surface area contributed by atoms with Crippen molar-refractivity contribution in [3.8, 4) is 0 Å². The normalized spacial score (nSPS) is 11.0. The summed E-state index contributed by atoms with van der Waals surface area (Å²) in [7, 11) is 0. The molecule has 2 aromatic rings. The second-order valence-corrected chi connectivity index (χ2v) is 4.24. The van der Waals surface area contributed by atoms with Gasteiger partial charge in [-0.2, -0.15) is 5.10 Å². The van der Waals surface area contributed by atoms with Crippen molar-refractivity contribution < 1.29 is 0 Å². The Morgan fingerprint density at radius 3 is 2.25 bits per heavy atom. The summed E-state index contributed by atoms with van der Waals surface area (Å²) in [6.07, 6.45) is 7.60. The molecule has 100 valence electrons. The van der Waals surface area contributed by atoms with Gasteiger partial charge in [0.2, 0.25) is 0 Å². The first kappa shape index (κ1) is 13.8. The molecule has 0 unspecified atom stereocenters. The topological polar surface area (TPSA) is 15.6 Å². The number of rotatable bonds is 6. The molecule has 0 amide bonds. The average Bonchev–Trinajstić information content (AvgIpc) is 2.52. The van der Waals surface area contributed by atoms with Gasteiger partial charge in [0.15, 0.2) is 0 Å². The van der Waals surface area contributed by atoms with Gasteiger partial charge >= 0.3 is 0 Å². The Kier molecular flexibility index (Phi) is 5.35. The SMILES string of the molecule is C=CCN(/N=C/C=C/c1ccccc1)c1ccccc1. The van der Waals surface area contributed by atoms with Crippen LogP contribution in [0.1, 0.15) is 5.56 Å². The molecule has 2 heteroatoms. The molecular weight excluding hydrogens is 244 g/mol. The highest BCUT2D eigenvalue weighted by atomic mass is 15.4. The maximum atomic E-state index is 4.45. The van der Waals surface area contributed by atoms with Crippen molar-refractivity contribution in [1.82, 2.24) is 0 Å². The summed E-state index contributed by atoms with van der Waals surface area (Å²) >= 11 is 0. The van der Waals surface area contributed by atoms with Crippen LogP contribution in [0.3, 0.4) is 0 Å². The molecule has 0 aliphatic rings. The third-order valence-electron chi connectivity index (χ3n) is 2.74. The number of para-hydroxylation sites is 1. The molecule has 0 saturated heterocycles. The third kappa shape index (κ3) is 4.25. The molecule has 0 saturated carbocycles. The van der Waals surface area contributed by atoms with Crippen LogP contribution >= 0.6 is 0 Å². The molecule has 0 fully saturated rings. The number of allylic oxidation sites excluding steroid dienone is 1. The third-order valence-corrected chi connectivity index (χ3v) is 2.74. The van der Waals surface area contributed by atoms with Gasteiger partial charge in [-0.25, -0.2) is 0 Å². The summed E-state index contributed by atoms with van der Waals surface area (Å²) in [5.41, 5.74) is 2.21. The second kappa shape index (κ2) is 7.74. The fraction of sp³-hybridized carbons (Fsp3) is 0.0556. The molecule has 0 aliphatic carbocycles. The first-order valence-corrected chi connectivity index (χ1v) is 6.59. The van der Waals surface area contributed by atoms with Crippen molar-refractivity contribution in [3.05, 3.63) is 85.0 Å². The van der Waals surface area contributed by atoms with Crippen LogP contribution in [0.4, 0.5) is 5.69 Å². The van der Waals surface area contributed by atoms with Crippen LogP contribution in [0.2, 0.25) is 0 Å². The van der Waals surface area contributed by atoms with Gasteiger partial charge < -0.3 is 0 Å². The predicted octanol–water partition coefficient (Wildman–Crippen LogP) is 4.38. The number of benzene rings is 2. The summed E-state index contributed by atoms with van der Waals surface area (Å²) in [6, 6.07) is 20.2. The first-order chi connectivity index (χ1) is 9.90. The van der Waals surface area contributed by atoms with Gasteiger partial charge in [-0.05, 0) is 23.8 Å². The summed E-state index contributed by atoms with van der Waals surface area (Å²) in [5, 5.41) is 6.35. The molecule has 2 aromatic carbocycles. The lowest BCUT2D eigenvalue weighted by atomic mass is 10.2. The Morgan fingerprint density at radius 2 is 1.60 bits per heavy atom. The molecule has 0 aliphatic heterocycles. The van der Waals surface area contributed by atoms with Gasteiger partial charge in [0.25, 0.3) is 0 Å². The summed E-state index contributed by atoms with van der Waals surface area (Å²) in [6.45, 7) is 4.45. The number of hydrazone groups is 1. The Bertz CT molecular complexity index is 571. The fourth-order valence-corrected chi connectivity index (χ4v) is 1.78. The van der Waals surface area contributed by atoms with Crippen LogP contribution in [0.15, 0.2) is 84.5 Å². The number of hydrogen-bond acceptors (Lipinski definition) is 2. The highest BCUT2D eigenvalue weighted by Gasteiger charge is 1.99. The van der Waals surface area contributed by atoms with Gasteiger partial charge in [0.1, 0.15) is 0 Å². The lowest BCUT2D eigenvalue weighted by molar-refractivity contribution is 0.948. The van der Waals surface area contributed by atoms with Crippen molar-refractivity contribution in [2.45, 2.75) is 0 Å². The van der Waals surface area contributed by atoms with Gasteiger partial charge in [-0.3, -0.25) is 5.01 Å². The van der Waals surface area contributed by atoms with Gasteiger partial charge in [-0.15, -0.1) is 6.58 Å². The molecule has 20 heavy (non-hydrogen) atoms. The Labute approximate surface area is 120 Å².